The topological polar surface area (TPSA) is 66.4 Å². The molecule has 2 N–H and O–H groups in total. The number of sulfonamides is 1. The summed E-state index contributed by atoms with van der Waals surface area (Å²) in [5.74, 6) is 0. The normalized spacial score (nSPS) is 13.6. The van der Waals surface area contributed by atoms with Gasteiger partial charge in [0.15, 0.2) is 0 Å². The molecule has 0 aromatic heterocycles. The van der Waals surface area contributed by atoms with E-state index in [1.807, 2.05) is 13.8 Å². The van der Waals surface area contributed by atoms with Crippen LogP contribution in [0, 0.1) is 6.92 Å². The van der Waals surface area contributed by atoms with E-state index in [2.05, 4.69) is 36.6 Å². The Kier molecular flexibility index (Phi) is 5.79. The minimum atomic E-state index is -3.63. The van der Waals surface area contributed by atoms with Crippen LogP contribution in [0.2, 0.25) is 0 Å². The zero-order valence-electron chi connectivity index (χ0n) is 10.1. The zero-order valence-corrected chi connectivity index (χ0v) is 14.1. The summed E-state index contributed by atoms with van der Waals surface area (Å²) in [7, 11) is -3.63. The summed E-state index contributed by atoms with van der Waals surface area (Å²) in [5.41, 5.74) is 0.829. The minimum absolute atomic E-state index is 0.176. The molecule has 0 aliphatic rings. The van der Waals surface area contributed by atoms with Gasteiger partial charge >= 0.3 is 0 Å². The number of halogens is 2. The van der Waals surface area contributed by atoms with Gasteiger partial charge in [-0.05, 0) is 47.0 Å². The van der Waals surface area contributed by atoms with Crippen molar-refractivity contribution in [3.63, 3.8) is 0 Å². The lowest BCUT2D eigenvalue weighted by Crippen LogP contribution is -2.37. The quantitative estimate of drug-likeness (QED) is 0.798. The van der Waals surface area contributed by atoms with E-state index in [0.29, 0.717) is 10.9 Å². The van der Waals surface area contributed by atoms with Crippen molar-refractivity contribution in [3.05, 3.63) is 26.6 Å². The third-order valence-electron chi connectivity index (χ3n) is 2.54. The van der Waals surface area contributed by atoms with Crippen molar-refractivity contribution in [2.75, 3.05) is 6.61 Å². The maximum Gasteiger partial charge on any atom is 0.242 e. The Morgan fingerprint density at radius 1 is 1.33 bits per heavy atom. The maximum atomic E-state index is 12.2. The molecule has 0 saturated carbocycles. The summed E-state index contributed by atoms with van der Waals surface area (Å²) in [4.78, 5) is 0.176. The van der Waals surface area contributed by atoms with Gasteiger partial charge in [-0.1, -0.05) is 22.9 Å². The molecule has 0 radical (unpaired) electrons. The lowest BCUT2D eigenvalue weighted by Gasteiger charge is -2.16. The van der Waals surface area contributed by atoms with E-state index in [-0.39, 0.29) is 11.5 Å². The van der Waals surface area contributed by atoms with E-state index in [0.717, 1.165) is 10.0 Å². The van der Waals surface area contributed by atoms with Crippen molar-refractivity contribution in [1.82, 2.24) is 4.72 Å². The summed E-state index contributed by atoms with van der Waals surface area (Å²) in [6.45, 7) is 3.41. The highest BCUT2D eigenvalue weighted by atomic mass is 79.9. The Hall–Kier alpha value is 0.0500. The van der Waals surface area contributed by atoms with E-state index >= 15 is 0 Å². The molecule has 0 aliphatic heterocycles. The van der Waals surface area contributed by atoms with Crippen LogP contribution in [0.5, 0.6) is 0 Å². The van der Waals surface area contributed by atoms with E-state index < -0.39 is 16.1 Å². The number of aliphatic hydroxyl groups is 1. The fourth-order valence-electron chi connectivity index (χ4n) is 1.37. The second-order valence-electron chi connectivity index (χ2n) is 3.94. The van der Waals surface area contributed by atoms with Gasteiger partial charge in [0.1, 0.15) is 0 Å². The van der Waals surface area contributed by atoms with Gasteiger partial charge in [-0.3, -0.25) is 0 Å². The lowest BCUT2D eigenvalue weighted by atomic mass is 10.2. The summed E-state index contributed by atoms with van der Waals surface area (Å²) < 4.78 is 28.1. The molecule has 1 rings (SSSR count). The molecule has 7 heteroatoms. The molecular weight excluding hydrogens is 386 g/mol. The van der Waals surface area contributed by atoms with Crippen molar-refractivity contribution in [1.29, 1.82) is 0 Å². The highest BCUT2D eigenvalue weighted by molar-refractivity contribution is 9.11. The molecule has 4 nitrogen and oxygen atoms in total. The molecule has 0 heterocycles. The molecular formula is C11H15Br2NO3S. The van der Waals surface area contributed by atoms with Crippen LogP contribution in [-0.4, -0.2) is 26.2 Å². The first-order valence-electron chi connectivity index (χ1n) is 5.40. The highest BCUT2D eigenvalue weighted by Crippen LogP contribution is 2.28. The number of hydrogen-bond acceptors (Lipinski definition) is 3. The Bertz CT molecular complexity index is 527. The molecule has 0 spiro atoms. The van der Waals surface area contributed by atoms with Crippen LogP contribution in [0.25, 0.3) is 0 Å². The molecule has 0 amide bonds. The number of aliphatic hydroxyl groups excluding tert-OH is 1. The minimum Gasteiger partial charge on any atom is -0.395 e. The van der Waals surface area contributed by atoms with Gasteiger partial charge in [-0.15, -0.1) is 0 Å². The Morgan fingerprint density at radius 2 is 1.94 bits per heavy atom. The van der Waals surface area contributed by atoms with Gasteiger partial charge < -0.3 is 5.11 Å². The summed E-state index contributed by atoms with van der Waals surface area (Å²) in [5, 5.41) is 9.06. The predicted molar refractivity (Wildman–Crippen MR) is 78.1 cm³/mol. The van der Waals surface area contributed by atoms with Crippen molar-refractivity contribution >= 4 is 41.9 Å². The summed E-state index contributed by atoms with van der Waals surface area (Å²) in [6, 6.07) is 2.82. The first-order valence-corrected chi connectivity index (χ1v) is 8.47. The summed E-state index contributed by atoms with van der Waals surface area (Å²) >= 11 is 6.58. The van der Waals surface area contributed by atoms with Crippen molar-refractivity contribution in [2.24, 2.45) is 0 Å². The van der Waals surface area contributed by atoms with Crippen LogP contribution >= 0.6 is 31.9 Å². The van der Waals surface area contributed by atoms with Gasteiger partial charge in [0, 0.05) is 15.0 Å². The SMILES string of the molecule is CCC(CO)NS(=O)(=O)c1cc(C)c(Br)cc1Br. The number of benzene rings is 1. The standard InChI is InChI=1S/C11H15Br2NO3S/c1-3-8(6-15)14-18(16,17)11-4-7(2)9(12)5-10(11)13/h4-5,8,14-15H,3,6H2,1-2H3. The Labute approximate surface area is 124 Å². The third-order valence-corrected chi connectivity index (χ3v) is 5.87. The molecule has 1 aromatic carbocycles. The van der Waals surface area contributed by atoms with Crippen molar-refractivity contribution in [2.45, 2.75) is 31.2 Å². The Morgan fingerprint density at radius 3 is 2.44 bits per heavy atom. The van der Waals surface area contributed by atoms with Crippen LogP contribution in [0.4, 0.5) is 0 Å². The molecule has 1 aromatic rings. The fourth-order valence-corrected chi connectivity index (χ4v) is 4.46. The van der Waals surface area contributed by atoms with Crippen LogP contribution < -0.4 is 4.72 Å². The van der Waals surface area contributed by atoms with Crippen LogP contribution in [0.1, 0.15) is 18.9 Å². The largest absolute Gasteiger partial charge is 0.395 e. The number of nitrogens with one attached hydrogen (secondary N) is 1. The Balaban J connectivity index is 3.16. The lowest BCUT2D eigenvalue weighted by molar-refractivity contribution is 0.254. The van der Waals surface area contributed by atoms with Crippen LogP contribution in [0.3, 0.4) is 0 Å². The smallest absolute Gasteiger partial charge is 0.242 e. The molecule has 0 bridgehead atoms. The molecule has 1 unspecified atom stereocenters. The van der Waals surface area contributed by atoms with Gasteiger partial charge in [0.25, 0.3) is 0 Å². The third kappa shape index (κ3) is 3.77. The van der Waals surface area contributed by atoms with Gasteiger partial charge in [0.2, 0.25) is 10.0 Å². The predicted octanol–water partition coefficient (Wildman–Crippen LogP) is 2.57. The summed E-state index contributed by atoms with van der Waals surface area (Å²) in [6.07, 6.45) is 0.531. The van der Waals surface area contributed by atoms with Gasteiger partial charge in [-0.2, -0.15) is 0 Å². The first-order chi connectivity index (χ1) is 8.31. The van der Waals surface area contributed by atoms with Gasteiger partial charge in [0.05, 0.1) is 11.5 Å². The van der Waals surface area contributed by atoms with Crippen molar-refractivity contribution < 1.29 is 13.5 Å². The molecule has 18 heavy (non-hydrogen) atoms. The highest BCUT2D eigenvalue weighted by Gasteiger charge is 2.22. The number of rotatable bonds is 5. The fraction of sp³-hybridized carbons (Fsp3) is 0.455. The van der Waals surface area contributed by atoms with E-state index in [9.17, 15) is 8.42 Å². The molecule has 0 fully saturated rings. The number of aryl methyl sites for hydroxylation is 1. The van der Waals surface area contributed by atoms with Crippen LogP contribution in [0.15, 0.2) is 26.0 Å². The number of hydrogen-bond donors (Lipinski definition) is 2. The monoisotopic (exact) mass is 399 g/mol. The first kappa shape index (κ1) is 16.1. The average molecular weight is 401 g/mol. The average Bonchev–Trinajstić information content (AvgIpc) is 2.30. The van der Waals surface area contributed by atoms with Crippen molar-refractivity contribution in [3.8, 4) is 0 Å². The second-order valence-corrected chi connectivity index (χ2v) is 7.33. The molecule has 102 valence electrons. The van der Waals surface area contributed by atoms with Gasteiger partial charge in [-0.25, -0.2) is 13.1 Å². The maximum absolute atomic E-state index is 12.2. The van der Waals surface area contributed by atoms with Crippen LogP contribution in [-0.2, 0) is 10.0 Å². The molecule has 0 saturated heterocycles. The molecule has 1 atom stereocenters. The van der Waals surface area contributed by atoms with E-state index in [4.69, 9.17) is 5.11 Å². The molecule has 0 aliphatic carbocycles. The second kappa shape index (κ2) is 6.47. The zero-order chi connectivity index (χ0) is 13.9. The van der Waals surface area contributed by atoms with E-state index in [1.165, 1.54) is 0 Å². The van der Waals surface area contributed by atoms with E-state index in [1.54, 1.807) is 12.1 Å².